The Labute approximate surface area is 189 Å². The van der Waals surface area contributed by atoms with Gasteiger partial charge < -0.3 is 30.7 Å². The number of carbonyl (C=O) groups excluding carboxylic acids is 3. The monoisotopic (exact) mass is 455 g/mol. The maximum absolute atomic E-state index is 12.6. The average Bonchev–Trinajstić information content (AvgIpc) is 3.12. The van der Waals surface area contributed by atoms with E-state index in [1.807, 2.05) is 0 Å². The largest absolute Gasteiger partial charge is 0.454 e. The molecule has 0 radical (unpaired) electrons. The van der Waals surface area contributed by atoms with Crippen LogP contribution in [0.25, 0.3) is 0 Å². The molecule has 0 bridgehead atoms. The number of carbonyl (C=O) groups is 3. The van der Waals surface area contributed by atoms with Gasteiger partial charge >= 0.3 is 5.97 Å². The third-order valence-corrected chi connectivity index (χ3v) is 6.69. The van der Waals surface area contributed by atoms with Gasteiger partial charge in [-0.1, -0.05) is 18.2 Å². The molecule has 5 rings (SSSR count). The van der Waals surface area contributed by atoms with E-state index in [1.165, 1.54) is 4.90 Å². The van der Waals surface area contributed by atoms with Crippen molar-refractivity contribution in [3.63, 3.8) is 0 Å². The van der Waals surface area contributed by atoms with Crippen LogP contribution in [-0.2, 0) is 14.3 Å². The molecule has 174 valence electrons. The SMILES string of the molecule is N=C1NC2C(CN3C(=O)CCC3=O)NC(=N)N3C[C@H](OC(=O)c4ccccc4)[C@@H](O)C(N1)C23. The summed E-state index contributed by atoms with van der Waals surface area (Å²) in [5, 5.41) is 36.8. The smallest absolute Gasteiger partial charge is 0.338 e. The van der Waals surface area contributed by atoms with E-state index in [4.69, 9.17) is 15.6 Å². The fraction of sp³-hybridized carbons (Fsp3) is 0.476. The van der Waals surface area contributed by atoms with Gasteiger partial charge in [-0.25, -0.2) is 4.79 Å². The van der Waals surface area contributed by atoms with Crippen LogP contribution in [0.4, 0.5) is 0 Å². The van der Waals surface area contributed by atoms with Gasteiger partial charge in [-0.05, 0) is 12.1 Å². The highest BCUT2D eigenvalue weighted by Crippen LogP contribution is 2.30. The molecule has 4 aliphatic heterocycles. The Hall–Kier alpha value is -3.67. The van der Waals surface area contributed by atoms with Crippen molar-refractivity contribution in [2.75, 3.05) is 13.1 Å². The Morgan fingerprint density at radius 1 is 1.06 bits per heavy atom. The van der Waals surface area contributed by atoms with Crippen LogP contribution in [0, 0.1) is 10.8 Å². The summed E-state index contributed by atoms with van der Waals surface area (Å²) in [4.78, 5) is 39.7. The number of piperidine rings is 1. The molecule has 4 unspecified atom stereocenters. The van der Waals surface area contributed by atoms with Crippen molar-refractivity contribution < 1.29 is 24.2 Å². The van der Waals surface area contributed by atoms with E-state index in [-0.39, 0.29) is 49.7 Å². The van der Waals surface area contributed by atoms with E-state index in [0.29, 0.717) is 5.56 Å². The minimum Gasteiger partial charge on any atom is -0.454 e. The van der Waals surface area contributed by atoms with Crippen LogP contribution in [0.2, 0.25) is 0 Å². The first-order valence-corrected chi connectivity index (χ1v) is 10.8. The van der Waals surface area contributed by atoms with Crippen molar-refractivity contribution in [2.45, 2.75) is 49.2 Å². The minimum absolute atomic E-state index is 0.0328. The quantitative estimate of drug-likeness (QED) is 0.226. The van der Waals surface area contributed by atoms with E-state index < -0.39 is 42.3 Å². The molecule has 4 aliphatic rings. The molecular weight excluding hydrogens is 430 g/mol. The Morgan fingerprint density at radius 3 is 2.42 bits per heavy atom. The standard InChI is InChI=1S/C21H25N7O5/c22-20-25-15-11(8-27-13(29)6-7-14(27)30)24-21(23)28-9-12(18(31)16(26-20)17(15)28)33-19(32)10-4-2-1-3-5-10/h1-5,11-12,15-18,31H,6-9H2,(H2,23,24)(H3,22,25,26)/t11?,12-,15?,16?,17?,18+/m0/s1. The highest BCUT2D eigenvalue weighted by atomic mass is 16.6. The van der Waals surface area contributed by atoms with Gasteiger partial charge in [0.15, 0.2) is 11.9 Å². The second-order valence-electron chi connectivity index (χ2n) is 8.66. The Morgan fingerprint density at radius 2 is 1.73 bits per heavy atom. The molecule has 12 heteroatoms. The van der Waals surface area contributed by atoms with Crippen molar-refractivity contribution in [2.24, 2.45) is 0 Å². The fourth-order valence-corrected chi connectivity index (χ4v) is 5.10. The van der Waals surface area contributed by atoms with Gasteiger partial charge in [0.25, 0.3) is 0 Å². The fourth-order valence-electron chi connectivity index (χ4n) is 5.10. The Balaban J connectivity index is 1.38. The van der Waals surface area contributed by atoms with Crippen LogP contribution in [0.3, 0.4) is 0 Å². The second-order valence-corrected chi connectivity index (χ2v) is 8.66. The number of nitrogens with zero attached hydrogens (tertiary/aromatic N) is 2. The predicted molar refractivity (Wildman–Crippen MR) is 114 cm³/mol. The van der Waals surface area contributed by atoms with Gasteiger partial charge in [0.1, 0.15) is 12.2 Å². The van der Waals surface area contributed by atoms with Crippen LogP contribution in [0.5, 0.6) is 0 Å². The Bertz CT molecular complexity index is 1000. The first-order chi connectivity index (χ1) is 15.8. The van der Waals surface area contributed by atoms with Gasteiger partial charge in [0, 0.05) is 12.8 Å². The lowest BCUT2D eigenvalue weighted by Gasteiger charge is -2.58. The first kappa shape index (κ1) is 21.2. The number of nitrogens with one attached hydrogen (secondary N) is 5. The molecule has 33 heavy (non-hydrogen) atoms. The summed E-state index contributed by atoms with van der Waals surface area (Å²) >= 11 is 0. The number of hydrogen-bond donors (Lipinski definition) is 6. The van der Waals surface area contributed by atoms with Crippen LogP contribution in [0.15, 0.2) is 30.3 Å². The molecule has 6 N–H and O–H groups in total. The zero-order chi connectivity index (χ0) is 23.3. The number of hydrogen-bond acceptors (Lipinski definition) is 7. The van der Waals surface area contributed by atoms with Crippen LogP contribution in [-0.4, -0.2) is 94.1 Å². The van der Waals surface area contributed by atoms with Crippen molar-refractivity contribution in [3.8, 4) is 0 Å². The molecular formula is C21H25N7O5. The molecule has 2 amide bonds. The summed E-state index contributed by atoms with van der Waals surface area (Å²) in [5.41, 5.74) is 0.350. The van der Waals surface area contributed by atoms with Crippen molar-refractivity contribution >= 4 is 29.7 Å². The topological polar surface area (TPSA) is 171 Å². The highest BCUT2D eigenvalue weighted by molar-refractivity contribution is 6.02. The molecule has 4 saturated heterocycles. The van der Waals surface area contributed by atoms with E-state index in [9.17, 15) is 19.5 Å². The lowest BCUT2D eigenvalue weighted by Crippen LogP contribution is -2.84. The van der Waals surface area contributed by atoms with Crippen LogP contribution >= 0.6 is 0 Å². The van der Waals surface area contributed by atoms with Crippen LogP contribution < -0.4 is 16.0 Å². The summed E-state index contributed by atoms with van der Waals surface area (Å²) in [7, 11) is 0. The van der Waals surface area contributed by atoms with Crippen molar-refractivity contribution in [3.05, 3.63) is 35.9 Å². The van der Waals surface area contributed by atoms with Crippen LogP contribution in [0.1, 0.15) is 23.2 Å². The summed E-state index contributed by atoms with van der Waals surface area (Å²) in [6, 6.07) is 6.27. The number of amides is 2. The lowest BCUT2D eigenvalue weighted by molar-refractivity contribution is -0.139. The first-order valence-electron chi connectivity index (χ1n) is 10.8. The normalized spacial score (nSPS) is 33.1. The molecule has 1 aromatic carbocycles. The predicted octanol–water partition coefficient (Wildman–Crippen LogP) is -1.82. The third-order valence-electron chi connectivity index (χ3n) is 6.69. The number of aliphatic hydroxyl groups is 1. The van der Waals surface area contributed by atoms with Gasteiger partial charge in [0.2, 0.25) is 11.8 Å². The molecule has 12 nitrogen and oxygen atoms in total. The number of aliphatic hydroxyl groups excluding tert-OH is 1. The third kappa shape index (κ3) is 3.65. The number of guanidine groups is 2. The summed E-state index contributed by atoms with van der Waals surface area (Å²) in [6.07, 6.45) is -1.72. The zero-order valence-corrected chi connectivity index (χ0v) is 17.7. The number of rotatable bonds is 4. The highest BCUT2D eigenvalue weighted by Gasteiger charge is 2.56. The van der Waals surface area contributed by atoms with Gasteiger partial charge in [-0.3, -0.25) is 25.3 Å². The molecule has 6 atom stereocenters. The van der Waals surface area contributed by atoms with Crippen molar-refractivity contribution in [1.82, 2.24) is 25.8 Å². The van der Waals surface area contributed by atoms with Gasteiger partial charge in [0.05, 0.1) is 42.8 Å². The Kier molecular flexibility index (Phi) is 5.16. The molecule has 4 fully saturated rings. The maximum atomic E-state index is 12.6. The van der Waals surface area contributed by atoms with E-state index in [2.05, 4.69) is 16.0 Å². The van der Waals surface area contributed by atoms with Gasteiger partial charge in [-0.2, -0.15) is 0 Å². The molecule has 0 aromatic heterocycles. The van der Waals surface area contributed by atoms with Crippen molar-refractivity contribution in [1.29, 1.82) is 10.8 Å². The molecule has 1 aromatic rings. The average molecular weight is 455 g/mol. The molecule has 0 saturated carbocycles. The number of benzene rings is 1. The lowest BCUT2D eigenvalue weighted by atomic mass is 9.81. The second kappa shape index (κ2) is 8.03. The number of ether oxygens (including phenoxy) is 1. The summed E-state index contributed by atoms with van der Waals surface area (Å²) in [6.45, 7) is 0.138. The zero-order valence-electron chi connectivity index (χ0n) is 17.7. The molecule has 4 heterocycles. The number of imide groups is 1. The van der Waals surface area contributed by atoms with E-state index in [1.54, 1.807) is 35.2 Å². The maximum Gasteiger partial charge on any atom is 0.338 e. The minimum atomic E-state index is -1.13. The summed E-state index contributed by atoms with van der Waals surface area (Å²) in [5.74, 6) is -1.09. The van der Waals surface area contributed by atoms with Gasteiger partial charge in [-0.15, -0.1) is 0 Å². The molecule has 0 aliphatic carbocycles. The number of esters is 1. The van der Waals surface area contributed by atoms with E-state index in [0.717, 1.165) is 0 Å². The summed E-state index contributed by atoms with van der Waals surface area (Å²) < 4.78 is 5.59. The molecule has 0 spiro atoms. The van der Waals surface area contributed by atoms with E-state index >= 15 is 0 Å². The number of likely N-dealkylation sites (tertiary alicyclic amines) is 1.